The van der Waals surface area contributed by atoms with Gasteiger partial charge in [-0.05, 0) is 79.8 Å². The van der Waals surface area contributed by atoms with Gasteiger partial charge in [-0.1, -0.05) is 133 Å². The Kier molecular flexibility index (Phi) is 6.16. The minimum Gasteiger partial charge on any atom is -0.245 e. The van der Waals surface area contributed by atoms with Crippen molar-refractivity contribution in [3.05, 3.63) is 170 Å². The Labute approximate surface area is 297 Å². The van der Waals surface area contributed by atoms with Crippen LogP contribution in [0.25, 0.3) is 108 Å². The molecule has 2 nitrogen and oxygen atoms in total. The molecule has 3 heteroatoms. The molecule has 0 aliphatic heterocycles. The van der Waals surface area contributed by atoms with Crippen LogP contribution >= 0.6 is 11.3 Å². The van der Waals surface area contributed by atoms with Crippen LogP contribution in [-0.2, 0) is 0 Å². The number of rotatable bonds is 3. The predicted octanol–water partition coefficient (Wildman–Crippen LogP) is 13.6. The standard InChI is InChI=1S/C48H28N2S/c1-2-9-37-35(7-1)36-8-3-4-10-38(36)41-28-34(19-23-39(37)41)44-25-21-32-18-17-31-20-24-43(49-47(31)48(32)50-44)30-15-13-29(14-16-30)33-22-26-46-42(27-33)40-11-5-6-12-45(40)51-46/h1-28H. The summed E-state index contributed by atoms with van der Waals surface area (Å²) in [4.78, 5) is 10.5. The summed E-state index contributed by atoms with van der Waals surface area (Å²) in [5, 5.41) is 12.4. The second-order valence-electron chi connectivity index (χ2n) is 13.3. The summed E-state index contributed by atoms with van der Waals surface area (Å²) in [6.45, 7) is 0. The Bertz CT molecular complexity index is 3160. The molecule has 3 aromatic heterocycles. The third kappa shape index (κ3) is 4.49. The molecule has 11 aromatic rings. The molecule has 236 valence electrons. The zero-order chi connectivity index (χ0) is 33.5. The van der Waals surface area contributed by atoms with Crippen molar-refractivity contribution in [1.82, 2.24) is 9.97 Å². The second kappa shape index (κ2) is 11.0. The van der Waals surface area contributed by atoms with Crippen LogP contribution in [0, 0.1) is 0 Å². The van der Waals surface area contributed by atoms with Crippen molar-refractivity contribution in [2.75, 3.05) is 0 Å². The van der Waals surface area contributed by atoms with E-state index in [2.05, 4.69) is 170 Å². The van der Waals surface area contributed by atoms with Crippen LogP contribution < -0.4 is 0 Å². The van der Waals surface area contributed by atoms with Gasteiger partial charge in [0.15, 0.2) is 0 Å². The molecule has 8 aromatic carbocycles. The van der Waals surface area contributed by atoms with Crippen molar-refractivity contribution in [2.24, 2.45) is 0 Å². The first kappa shape index (κ1) is 28.4. The molecular weight excluding hydrogens is 637 g/mol. The third-order valence-corrected chi connectivity index (χ3v) is 11.6. The molecule has 0 saturated carbocycles. The predicted molar refractivity (Wildman–Crippen MR) is 219 cm³/mol. The molecule has 0 aliphatic carbocycles. The van der Waals surface area contributed by atoms with Gasteiger partial charge in [-0.3, -0.25) is 0 Å². The summed E-state index contributed by atoms with van der Waals surface area (Å²) in [5.74, 6) is 0. The van der Waals surface area contributed by atoms with Crippen LogP contribution in [0.1, 0.15) is 0 Å². The third-order valence-electron chi connectivity index (χ3n) is 10.5. The van der Waals surface area contributed by atoms with Crippen LogP contribution in [0.15, 0.2) is 170 Å². The summed E-state index contributed by atoms with van der Waals surface area (Å²) < 4.78 is 2.65. The molecule has 0 aliphatic rings. The van der Waals surface area contributed by atoms with E-state index in [0.717, 1.165) is 44.3 Å². The van der Waals surface area contributed by atoms with E-state index in [1.54, 1.807) is 0 Å². The molecule has 0 fully saturated rings. The number of aromatic nitrogens is 2. The molecule has 51 heavy (non-hydrogen) atoms. The van der Waals surface area contributed by atoms with Crippen LogP contribution in [0.3, 0.4) is 0 Å². The van der Waals surface area contributed by atoms with Gasteiger partial charge >= 0.3 is 0 Å². The minimum absolute atomic E-state index is 0.919. The van der Waals surface area contributed by atoms with Crippen molar-refractivity contribution in [3.8, 4) is 33.6 Å². The van der Waals surface area contributed by atoms with Crippen LogP contribution in [0.5, 0.6) is 0 Å². The molecule has 0 spiro atoms. The molecule has 0 saturated heterocycles. The largest absolute Gasteiger partial charge is 0.245 e. The maximum absolute atomic E-state index is 5.29. The lowest BCUT2D eigenvalue weighted by Crippen LogP contribution is -1.91. The van der Waals surface area contributed by atoms with Gasteiger partial charge in [0.1, 0.15) is 0 Å². The average molecular weight is 665 g/mol. The lowest BCUT2D eigenvalue weighted by atomic mass is 9.93. The average Bonchev–Trinajstić information content (AvgIpc) is 3.58. The Balaban J connectivity index is 1.00. The van der Waals surface area contributed by atoms with Crippen molar-refractivity contribution >= 4 is 85.6 Å². The van der Waals surface area contributed by atoms with Gasteiger partial charge in [-0.2, -0.15) is 0 Å². The van der Waals surface area contributed by atoms with E-state index in [0.29, 0.717) is 0 Å². The Hall–Kier alpha value is -6.42. The number of thiophene rings is 1. The first-order valence-corrected chi connectivity index (χ1v) is 18.1. The molecule has 0 radical (unpaired) electrons. The van der Waals surface area contributed by atoms with E-state index in [9.17, 15) is 0 Å². The van der Waals surface area contributed by atoms with Crippen LogP contribution in [-0.4, -0.2) is 9.97 Å². The van der Waals surface area contributed by atoms with Crippen molar-refractivity contribution in [1.29, 1.82) is 0 Å². The van der Waals surface area contributed by atoms with E-state index in [-0.39, 0.29) is 0 Å². The van der Waals surface area contributed by atoms with Gasteiger partial charge in [0, 0.05) is 42.1 Å². The molecule has 0 N–H and O–H groups in total. The molecule has 11 rings (SSSR count). The highest BCUT2D eigenvalue weighted by Gasteiger charge is 2.13. The minimum atomic E-state index is 0.919. The molecule has 0 bridgehead atoms. The fraction of sp³-hybridized carbons (Fsp3) is 0. The van der Waals surface area contributed by atoms with Crippen LogP contribution in [0.2, 0.25) is 0 Å². The number of benzene rings is 8. The second-order valence-corrected chi connectivity index (χ2v) is 14.4. The number of hydrogen-bond acceptors (Lipinski definition) is 3. The highest BCUT2D eigenvalue weighted by Crippen LogP contribution is 2.39. The SMILES string of the molecule is c1ccc2c(c1)sc1ccc(-c3ccc(-c4ccc5ccc6ccc(-c7ccc8c9ccccc9c9ccccc9c8c7)nc6c5n4)cc3)cc12. The first-order chi connectivity index (χ1) is 25.2. The van der Waals surface area contributed by atoms with Gasteiger partial charge < -0.3 is 0 Å². The van der Waals surface area contributed by atoms with Crippen molar-refractivity contribution < 1.29 is 0 Å². The Morgan fingerprint density at radius 2 is 0.745 bits per heavy atom. The number of fused-ring (bicyclic) bond motifs is 12. The van der Waals surface area contributed by atoms with Gasteiger partial charge in [-0.15, -0.1) is 11.3 Å². The first-order valence-electron chi connectivity index (χ1n) is 17.3. The van der Waals surface area contributed by atoms with Crippen molar-refractivity contribution in [3.63, 3.8) is 0 Å². The van der Waals surface area contributed by atoms with E-state index in [4.69, 9.17) is 9.97 Å². The summed E-state index contributed by atoms with van der Waals surface area (Å²) in [6, 6.07) is 61.4. The Morgan fingerprint density at radius 3 is 1.41 bits per heavy atom. The quantitative estimate of drug-likeness (QED) is 0.176. The summed E-state index contributed by atoms with van der Waals surface area (Å²) >= 11 is 1.85. The van der Waals surface area contributed by atoms with Gasteiger partial charge in [-0.25, -0.2) is 9.97 Å². The number of hydrogen-bond donors (Lipinski definition) is 0. The zero-order valence-corrected chi connectivity index (χ0v) is 28.3. The number of pyridine rings is 2. The molecule has 3 heterocycles. The molecule has 0 unspecified atom stereocenters. The molecule has 0 atom stereocenters. The monoisotopic (exact) mass is 664 g/mol. The topological polar surface area (TPSA) is 25.8 Å². The normalized spacial score (nSPS) is 11.9. The molecule has 0 amide bonds. The zero-order valence-electron chi connectivity index (χ0n) is 27.5. The van der Waals surface area contributed by atoms with E-state index < -0.39 is 0 Å². The highest BCUT2D eigenvalue weighted by atomic mass is 32.1. The van der Waals surface area contributed by atoms with Crippen molar-refractivity contribution in [2.45, 2.75) is 0 Å². The fourth-order valence-electron chi connectivity index (χ4n) is 7.90. The van der Waals surface area contributed by atoms with Gasteiger partial charge in [0.25, 0.3) is 0 Å². The van der Waals surface area contributed by atoms with Gasteiger partial charge in [0.2, 0.25) is 0 Å². The Morgan fingerprint density at radius 1 is 0.294 bits per heavy atom. The summed E-state index contributed by atoms with van der Waals surface area (Å²) in [7, 11) is 0. The lowest BCUT2D eigenvalue weighted by molar-refractivity contribution is 1.37. The summed E-state index contributed by atoms with van der Waals surface area (Å²) in [5.41, 5.74) is 8.34. The van der Waals surface area contributed by atoms with E-state index >= 15 is 0 Å². The maximum atomic E-state index is 5.29. The molecular formula is C48H28N2S. The van der Waals surface area contributed by atoms with E-state index in [1.807, 2.05) is 11.3 Å². The van der Waals surface area contributed by atoms with Gasteiger partial charge in [0.05, 0.1) is 22.4 Å². The fourth-order valence-corrected chi connectivity index (χ4v) is 8.98. The van der Waals surface area contributed by atoms with E-state index in [1.165, 1.54) is 63.6 Å². The summed E-state index contributed by atoms with van der Waals surface area (Å²) in [6.07, 6.45) is 0. The smallest absolute Gasteiger partial charge is 0.0972 e. The highest BCUT2D eigenvalue weighted by molar-refractivity contribution is 7.25. The van der Waals surface area contributed by atoms with Crippen LogP contribution in [0.4, 0.5) is 0 Å². The lowest BCUT2D eigenvalue weighted by Gasteiger charge is -2.12. The maximum Gasteiger partial charge on any atom is 0.0972 e. The number of nitrogens with zero attached hydrogens (tertiary/aromatic N) is 2.